The molecule has 1 fully saturated rings. The molecule has 0 amide bonds. The maximum Gasteiger partial charge on any atom is 0.123 e. The Morgan fingerprint density at radius 3 is 2.83 bits per heavy atom. The average Bonchev–Trinajstić information content (AvgIpc) is 2.28. The van der Waals surface area contributed by atoms with Crippen LogP contribution in [0.4, 0.5) is 4.39 Å². The van der Waals surface area contributed by atoms with Gasteiger partial charge in [0.05, 0.1) is 0 Å². The lowest BCUT2D eigenvalue weighted by molar-refractivity contribution is 0.136. The second kappa shape index (κ2) is 5.73. The number of hydrogen-bond acceptors (Lipinski definition) is 0. The molecule has 0 aromatic heterocycles. The highest BCUT2D eigenvalue weighted by Crippen LogP contribution is 2.45. The van der Waals surface area contributed by atoms with Crippen LogP contribution in [-0.4, -0.2) is 4.83 Å². The minimum absolute atomic E-state index is 0.130. The summed E-state index contributed by atoms with van der Waals surface area (Å²) in [6.45, 7) is 4.74. The van der Waals surface area contributed by atoms with Crippen LogP contribution < -0.4 is 0 Å². The summed E-state index contributed by atoms with van der Waals surface area (Å²) in [4.78, 5) is 0.453. The van der Waals surface area contributed by atoms with Crippen molar-refractivity contribution in [1.29, 1.82) is 0 Å². The quantitative estimate of drug-likeness (QED) is 0.660. The van der Waals surface area contributed by atoms with Crippen molar-refractivity contribution in [2.24, 2.45) is 11.3 Å². The van der Waals surface area contributed by atoms with Crippen LogP contribution in [0.1, 0.15) is 45.1 Å². The molecule has 1 aliphatic carbocycles. The van der Waals surface area contributed by atoms with E-state index in [1.807, 2.05) is 6.07 Å². The van der Waals surface area contributed by atoms with Crippen molar-refractivity contribution in [2.75, 3.05) is 0 Å². The average molecular weight is 313 g/mol. The third-order valence-electron chi connectivity index (χ3n) is 4.35. The molecular weight excluding hydrogens is 291 g/mol. The summed E-state index contributed by atoms with van der Waals surface area (Å²) in [6, 6.07) is 6.99. The maximum absolute atomic E-state index is 13.2. The Morgan fingerprint density at radius 2 is 2.17 bits per heavy atom. The lowest BCUT2D eigenvalue weighted by Crippen LogP contribution is -2.35. The van der Waals surface area contributed by atoms with Crippen molar-refractivity contribution in [1.82, 2.24) is 0 Å². The van der Waals surface area contributed by atoms with Gasteiger partial charge >= 0.3 is 0 Å². The van der Waals surface area contributed by atoms with E-state index in [1.165, 1.54) is 31.7 Å². The Hall–Kier alpha value is -0.370. The van der Waals surface area contributed by atoms with E-state index >= 15 is 0 Å². The van der Waals surface area contributed by atoms with Crippen LogP contribution in [0.2, 0.25) is 0 Å². The topological polar surface area (TPSA) is 0 Å². The number of rotatable bonds is 3. The van der Waals surface area contributed by atoms with E-state index in [1.54, 1.807) is 12.1 Å². The van der Waals surface area contributed by atoms with Crippen LogP contribution in [0.15, 0.2) is 24.3 Å². The van der Waals surface area contributed by atoms with Crippen molar-refractivity contribution >= 4 is 15.9 Å². The van der Waals surface area contributed by atoms with Crippen LogP contribution in [0.3, 0.4) is 0 Å². The summed E-state index contributed by atoms with van der Waals surface area (Å²) in [6.07, 6.45) is 6.20. The van der Waals surface area contributed by atoms with Crippen molar-refractivity contribution in [3.63, 3.8) is 0 Å². The van der Waals surface area contributed by atoms with Gasteiger partial charge in [0.25, 0.3) is 0 Å². The van der Waals surface area contributed by atoms with Gasteiger partial charge in [0, 0.05) is 4.83 Å². The molecule has 0 heterocycles. The molecule has 0 bridgehead atoms. The smallest absolute Gasteiger partial charge is 0.123 e. The lowest BCUT2D eigenvalue weighted by Gasteiger charge is -2.41. The molecule has 1 aromatic carbocycles. The Morgan fingerprint density at radius 1 is 1.39 bits per heavy atom. The van der Waals surface area contributed by atoms with Crippen molar-refractivity contribution in [3.8, 4) is 0 Å². The molecule has 0 saturated heterocycles. The van der Waals surface area contributed by atoms with E-state index in [2.05, 4.69) is 29.8 Å². The molecule has 18 heavy (non-hydrogen) atoms. The molecule has 0 nitrogen and oxygen atoms in total. The molecule has 2 unspecified atom stereocenters. The Kier molecular flexibility index (Phi) is 4.47. The third-order valence-corrected chi connectivity index (χ3v) is 5.31. The highest BCUT2D eigenvalue weighted by Gasteiger charge is 2.36. The van der Waals surface area contributed by atoms with E-state index in [0.29, 0.717) is 16.2 Å². The van der Waals surface area contributed by atoms with Gasteiger partial charge in [-0.1, -0.05) is 54.8 Å². The zero-order valence-electron chi connectivity index (χ0n) is 11.3. The SMILES string of the molecule is CC1(C)CCCCC1C(Br)Cc1cccc(F)c1. The highest BCUT2D eigenvalue weighted by molar-refractivity contribution is 9.09. The van der Waals surface area contributed by atoms with Gasteiger partial charge in [0.15, 0.2) is 0 Å². The Bertz CT molecular complexity index is 400. The summed E-state index contributed by atoms with van der Waals surface area (Å²) in [5, 5.41) is 0. The zero-order valence-corrected chi connectivity index (χ0v) is 12.8. The summed E-state index contributed by atoms with van der Waals surface area (Å²) in [5.74, 6) is 0.560. The molecule has 100 valence electrons. The minimum Gasteiger partial charge on any atom is -0.207 e. The van der Waals surface area contributed by atoms with E-state index < -0.39 is 0 Å². The summed E-state index contributed by atoms with van der Waals surface area (Å²) >= 11 is 3.85. The number of benzene rings is 1. The minimum atomic E-state index is -0.130. The molecule has 0 N–H and O–H groups in total. The largest absolute Gasteiger partial charge is 0.207 e. The molecule has 2 atom stereocenters. The Balaban J connectivity index is 2.05. The molecule has 1 saturated carbocycles. The van der Waals surface area contributed by atoms with Crippen LogP contribution in [0.5, 0.6) is 0 Å². The van der Waals surface area contributed by atoms with E-state index in [4.69, 9.17) is 0 Å². The molecule has 0 spiro atoms. The second-order valence-electron chi connectivity index (χ2n) is 6.19. The fourth-order valence-corrected chi connectivity index (χ4v) is 4.58. The van der Waals surface area contributed by atoms with Gasteiger partial charge in [0.2, 0.25) is 0 Å². The lowest BCUT2D eigenvalue weighted by atomic mass is 9.67. The van der Waals surface area contributed by atoms with Crippen LogP contribution in [-0.2, 0) is 6.42 Å². The first-order valence-corrected chi connectivity index (χ1v) is 7.79. The first-order chi connectivity index (χ1) is 8.49. The highest BCUT2D eigenvalue weighted by atomic mass is 79.9. The standard InChI is InChI=1S/C16H22BrF/c1-16(2)9-4-3-8-14(16)15(17)11-12-6-5-7-13(18)10-12/h5-7,10,14-15H,3-4,8-9,11H2,1-2H3. The Labute approximate surface area is 118 Å². The van der Waals surface area contributed by atoms with Gasteiger partial charge in [-0.15, -0.1) is 0 Å². The van der Waals surface area contributed by atoms with E-state index in [9.17, 15) is 4.39 Å². The molecule has 1 aromatic rings. The van der Waals surface area contributed by atoms with Crippen LogP contribution in [0.25, 0.3) is 0 Å². The first kappa shape index (κ1) is 14.0. The van der Waals surface area contributed by atoms with Gasteiger partial charge < -0.3 is 0 Å². The summed E-state index contributed by atoms with van der Waals surface area (Å²) in [5.41, 5.74) is 1.50. The monoisotopic (exact) mass is 312 g/mol. The third kappa shape index (κ3) is 3.34. The molecule has 2 rings (SSSR count). The van der Waals surface area contributed by atoms with E-state index in [0.717, 1.165) is 12.0 Å². The first-order valence-electron chi connectivity index (χ1n) is 6.87. The molecule has 0 radical (unpaired) electrons. The fourth-order valence-electron chi connectivity index (χ4n) is 3.22. The van der Waals surface area contributed by atoms with Crippen molar-refractivity contribution < 1.29 is 4.39 Å². The predicted octanol–water partition coefficient (Wildman–Crippen LogP) is 5.35. The molecular formula is C16H22BrF. The fraction of sp³-hybridized carbons (Fsp3) is 0.625. The summed E-state index contributed by atoms with van der Waals surface area (Å²) in [7, 11) is 0. The normalized spacial score (nSPS) is 24.8. The zero-order chi connectivity index (χ0) is 13.2. The van der Waals surface area contributed by atoms with Crippen molar-refractivity contribution in [3.05, 3.63) is 35.6 Å². The number of hydrogen-bond donors (Lipinski definition) is 0. The van der Waals surface area contributed by atoms with Gasteiger partial charge in [0.1, 0.15) is 5.82 Å². The van der Waals surface area contributed by atoms with Crippen LogP contribution in [0, 0.1) is 17.2 Å². The second-order valence-corrected chi connectivity index (χ2v) is 7.37. The summed E-state index contributed by atoms with van der Waals surface area (Å²) < 4.78 is 13.2. The number of alkyl halides is 1. The van der Waals surface area contributed by atoms with Gasteiger partial charge in [-0.2, -0.15) is 0 Å². The van der Waals surface area contributed by atoms with Gasteiger partial charge in [-0.25, -0.2) is 4.39 Å². The maximum atomic E-state index is 13.2. The van der Waals surface area contributed by atoms with Gasteiger partial charge in [-0.3, -0.25) is 0 Å². The van der Waals surface area contributed by atoms with Crippen LogP contribution >= 0.6 is 15.9 Å². The number of halogens is 2. The molecule has 1 aliphatic rings. The molecule has 2 heteroatoms. The molecule has 0 aliphatic heterocycles. The predicted molar refractivity (Wildman–Crippen MR) is 78.6 cm³/mol. The van der Waals surface area contributed by atoms with Gasteiger partial charge in [-0.05, 0) is 48.3 Å². The van der Waals surface area contributed by atoms with Crippen molar-refractivity contribution in [2.45, 2.75) is 50.8 Å². The van der Waals surface area contributed by atoms with E-state index in [-0.39, 0.29) is 5.82 Å².